The number of carbonyl (C=O) groups is 2. The van der Waals surface area contributed by atoms with Crippen LogP contribution in [-0.2, 0) is 16.1 Å². The van der Waals surface area contributed by atoms with Crippen molar-refractivity contribution in [2.45, 2.75) is 39.2 Å². The third kappa shape index (κ3) is 5.05. The van der Waals surface area contributed by atoms with Crippen LogP contribution in [0.4, 0.5) is 0 Å². The van der Waals surface area contributed by atoms with Crippen molar-refractivity contribution in [2.24, 2.45) is 5.92 Å². The molecule has 0 atom stereocenters. The van der Waals surface area contributed by atoms with Crippen molar-refractivity contribution in [1.82, 2.24) is 25.3 Å². The summed E-state index contributed by atoms with van der Waals surface area (Å²) in [6.45, 7) is 6.25. The van der Waals surface area contributed by atoms with E-state index in [4.69, 9.17) is 4.52 Å². The normalized spacial score (nSPS) is 18.2. The maximum absolute atomic E-state index is 12.4. The molecule has 2 saturated heterocycles. The number of aryl methyl sites for hydroxylation is 1. The molecule has 2 aliphatic rings. The molecule has 1 N–H and O–H groups in total. The van der Waals surface area contributed by atoms with Gasteiger partial charge in [0.25, 0.3) is 0 Å². The molecule has 30 heavy (non-hydrogen) atoms. The fourth-order valence-electron chi connectivity index (χ4n) is 4.16. The number of nitrogens with one attached hydrogen (secondary N) is 1. The van der Waals surface area contributed by atoms with Crippen molar-refractivity contribution < 1.29 is 14.1 Å². The highest BCUT2D eigenvalue weighted by Crippen LogP contribution is 2.21. The molecule has 0 radical (unpaired) electrons. The van der Waals surface area contributed by atoms with Crippen molar-refractivity contribution in [2.75, 3.05) is 32.7 Å². The summed E-state index contributed by atoms with van der Waals surface area (Å²) < 4.78 is 5.43. The molecule has 1 aromatic carbocycles. The minimum atomic E-state index is 0.0288. The summed E-state index contributed by atoms with van der Waals surface area (Å²) in [6, 6.07) is 8.04. The van der Waals surface area contributed by atoms with E-state index in [9.17, 15) is 9.59 Å². The van der Waals surface area contributed by atoms with Crippen LogP contribution in [0.2, 0.25) is 0 Å². The lowest BCUT2D eigenvalue weighted by molar-refractivity contribution is -0.129. The van der Waals surface area contributed by atoms with E-state index in [-0.39, 0.29) is 17.7 Å². The minimum absolute atomic E-state index is 0.0288. The Morgan fingerprint density at radius 3 is 2.83 bits per heavy atom. The number of hydrogen-bond acceptors (Lipinski definition) is 6. The largest absolute Gasteiger partial charge is 0.354 e. The maximum Gasteiger partial charge on any atom is 0.241 e. The highest BCUT2D eigenvalue weighted by atomic mass is 16.5. The minimum Gasteiger partial charge on any atom is -0.354 e. The number of hydrogen-bond donors (Lipinski definition) is 1. The van der Waals surface area contributed by atoms with Gasteiger partial charge in [-0.1, -0.05) is 28.9 Å². The Bertz CT molecular complexity index is 888. The lowest BCUT2D eigenvalue weighted by Crippen LogP contribution is -2.42. The Kier molecular flexibility index (Phi) is 6.42. The van der Waals surface area contributed by atoms with Crippen LogP contribution in [0, 0.1) is 12.8 Å². The van der Waals surface area contributed by atoms with Gasteiger partial charge < -0.3 is 14.7 Å². The summed E-state index contributed by atoms with van der Waals surface area (Å²) in [5.74, 6) is 1.54. The average Bonchev–Trinajstić information content (AvgIpc) is 3.38. The van der Waals surface area contributed by atoms with Crippen LogP contribution in [0.15, 0.2) is 28.8 Å². The Hall–Kier alpha value is -2.74. The predicted octanol–water partition coefficient (Wildman–Crippen LogP) is 2.00. The Morgan fingerprint density at radius 1 is 1.27 bits per heavy atom. The zero-order chi connectivity index (χ0) is 20.9. The van der Waals surface area contributed by atoms with Crippen LogP contribution in [0.5, 0.6) is 0 Å². The molecule has 160 valence electrons. The van der Waals surface area contributed by atoms with Gasteiger partial charge in [0, 0.05) is 37.5 Å². The van der Waals surface area contributed by atoms with Gasteiger partial charge in [-0.05, 0) is 45.3 Å². The maximum atomic E-state index is 12.4. The number of aromatic nitrogens is 2. The van der Waals surface area contributed by atoms with E-state index in [1.807, 2.05) is 36.1 Å². The van der Waals surface area contributed by atoms with E-state index < -0.39 is 0 Å². The molecule has 0 saturated carbocycles. The van der Waals surface area contributed by atoms with Crippen molar-refractivity contribution in [1.29, 1.82) is 0 Å². The van der Waals surface area contributed by atoms with Crippen LogP contribution < -0.4 is 5.32 Å². The first-order valence-corrected chi connectivity index (χ1v) is 10.8. The van der Waals surface area contributed by atoms with Gasteiger partial charge in [-0.2, -0.15) is 4.98 Å². The first kappa shape index (κ1) is 20.5. The van der Waals surface area contributed by atoms with E-state index in [2.05, 4.69) is 20.4 Å². The molecule has 2 amide bonds. The fraction of sp³-hybridized carbons (Fsp3) is 0.545. The van der Waals surface area contributed by atoms with Gasteiger partial charge in [0.1, 0.15) is 0 Å². The molecule has 8 heteroatoms. The molecule has 8 nitrogen and oxygen atoms in total. The van der Waals surface area contributed by atoms with Gasteiger partial charge in [0.2, 0.25) is 23.5 Å². The van der Waals surface area contributed by atoms with Crippen LogP contribution in [0.3, 0.4) is 0 Å². The standard InChI is InChI=1S/C22H29N5O3/c1-16-4-2-5-18(14-16)21-24-19(30-25-21)15-26-11-7-17(8-12-26)22(29)23-9-13-27-10-3-6-20(27)28/h2,4-5,14,17H,3,6-13,15H2,1H3,(H,23,29). The highest BCUT2D eigenvalue weighted by molar-refractivity contribution is 5.79. The van der Waals surface area contributed by atoms with Gasteiger partial charge in [-0.15, -0.1) is 0 Å². The van der Waals surface area contributed by atoms with E-state index >= 15 is 0 Å². The molecule has 1 aromatic heterocycles. The summed E-state index contributed by atoms with van der Waals surface area (Å²) in [4.78, 5) is 32.7. The number of rotatable bonds is 7. The summed E-state index contributed by atoms with van der Waals surface area (Å²) >= 11 is 0. The third-order valence-corrected chi connectivity index (χ3v) is 5.91. The number of likely N-dealkylation sites (tertiary alicyclic amines) is 2. The quantitative estimate of drug-likeness (QED) is 0.749. The molecule has 2 fully saturated rings. The summed E-state index contributed by atoms with van der Waals surface area (Å²) in [5.41, 5.74) is 2.11. The molecule has 3 heterocycles. The Balaban J connectivity index is 1.20. The SMILES string of the molecule is Cc1cccc(-c2noc(CN3CCC(C(=O)NCCN4CCCC4=O)CC3)n2)c1. The lowest BCUT2D eigenvalue weighted by atomic mass is 9.96. The smallest absolute Gasteiger partial charge is 0.241 e. The van der Waals surface area contributed by atoms with E-state index in [0.29, 0.717) is 37.8 Å². The molecule has 0 bridgehead atoms. The van der Waals surface area contributed by atoms with Crippen LogP contribution in [-0.4, -0.2) is 64.5 Å². The molecule has 4 rings (SSSR count). The van der Waals surface area contributed by atoms with Gasteiger partial charge >= 0.3 is 0 Å². The van der Waals surface area contributed by atoms with E-state index in [1.165, 1.54) is 0 Å². The van der Waals surface area contributed by atoms with E-state index in [1.54, 1.807) is 0 Å². The van der Waals surface area contributed by atoms with Crippen LogP contribution >= 0.6 is 0 Å². The van der Waals surface area contributed by atoms with Crippen molar-refractivity contribution in [3.63, 3.8) is 0 Å². The lowest BCUT2D eigenvalue weighted by Gasteiger charge is -2.30. The molecule has 2 aromatic rings. The zero-order valence-electron chi connectivity index (χ0n) is 17.5. The first-order chi connectivity index (χ1) is 14.6. The highest BCUT2D eigenvalue weighted by Gasteiger charge is 2.26. The molecule has 0 aliphatic carbocycles. The van der Waals surface area contributed by atoms with Gasteiger partial charge in [0.15, 0.2) is 0 Å². The van der Waals surface area contributed by atoms with Crippen molar-refractivity contribution in [3.05, 3.63) is 35.7 Å². The molecule has 0 unspecified atom stereocenters. The summed E-state index contributed by atoms with van der Waals surface area (Å²) in [6.07, 6.45) is 3.19. The van der Waals surface area contributed by atoms with Gasteiger partial charge in [-0.25, -0.2) is 0 Å². The van der Waals surface area contributed by atoms with Gasteiger partial charge in [-0.3, -0.25) is 14.5 Å². The predicted molar refractivity (Wildman–Crippen MR) is 111 cm³/mol. The monoisotopic (exact) mass is 411 g/mol. The van der Waals surface area contributed by atoms with Crippen molar-refractivity contribution in [3.8, 4) is 11.4 Å². The average molecular weight is 412 g/mol. The molecule has 0 spiro atoms. The summed E-state index contributed by atoms with van der Waals surface area (Å²) in [5, 5.41) is 7.10. The zero-order valence-corrected chi connectivity index (χ0v) is 17.5. The van der Waals surface area contributed by atoms with Crippen LogP contribution in [0.1, 0.15) is 37.1 Å². The topological polar surface area (TPSA) is 91.6 Å². The second-order valence-electron chi connectivity index (χ2n) is 8.21. The number of carbonyl (C=O) groups excluding carboxylic acids is 2. The third-order valence-electron chi connectivity index (χ3n) is 5.91. The van der Waals surface area contributed by atoms with E-state index in [0.717, 1.165) is 50.0 Å². The Morgan fingerprint density at radius 2 is 2.10 bits per heavy atom. The second kappa shape index (κ2) is 9.38. The molecular weight excluding hydrogens is 382 g/mol. The molecule has 2 aliphatic heterocycles. The summed E-state index contributed by atoms with van der Waals surface area (Å²) in [7, 11) is 0. The number of piperidine rings is 1. The van der Waals surface area contributed by atoms with Crippen molar-refractivity contribution >= 4 is 11.8 Å². The first-order valence-electron chi connectivity index (χ1n) is 10.8. The number of benzene rings is 1. The van der Waals surface area contributed by atoms with Crippen LogP contribution in [0.25, 0.3) is 11.4 Å². The number of amides is 2. The fourth-order valence-corrected chi connectivity index (χ4v) is 4.16. The molecular formula is C22H29N5O3. The second-order valence-corrected chi connectivity index (χ2v) is 8.21. The van der Waals surface area contributed by atoms with Gasteiger partial charge in [0.05, 0.1) is 6.54 Å². The Labute approximate surface area is 176 Å². The number of nitrogens with zero attached hydrogens (tertiary/aromatic N) is 4.